The fourth-order valence-corrected chi connectivity index (χ4v) is 3.37. The van der Waals surface area contributed by atoms with Crippen LogP contribution < -0.4 is 10.1 Å². The van der Waals surface area contributed by atoms with Gasteiger partial charge in [-0.3, -0.25) is 9.59 Å². The van der Waals surface area contributed by atoms with E-state index < -0.39 is 36.8 Å². The van der Waals surface area contributed by atoms with E-state index in [1.807, 2.05) is 0 Å². The van der Waals surface area contributed by atoms with Crippen LogP contribution in [0.1, 0.15) is 21.7 Å². The summed E-state index contributed by atoms with van der Waals surface area (Å²) in [6.45, 7) is 0.962. The molecule has 1 amide bonds. The summed E-state index contributed by atoms with van der Waals surface area (Å²) in [7, 11) is 0. The van der Waals surface area contributed by atoms with Crippen molar-refractivity contribution in [1.82, 2.24) is 0 Å². The largest absolute Gasteiger partial charge is 0.481 e. The lowest BCUT2D eigenvalue weighted by atomic mass is 10.1. The number of ether oxygens (including phenoxy) is 1. The summed E-state index contributed by atoms with van der Waals surface area (Å²) >= 11 is 0.945. The maximum Gasteiger partial charge on any atom is 0.349 e. The predicted molar refractivity (Wildman–Crippen MR) is 95.5 cm³/mol. The zero-order valence-electron chi connectivity index (χ0n) is 14.0. The van der Waals surface area contributed by atoms with E-state index >= 15 is 0 Å². The highest BCUT2D eigenvalue weighted by atomic mass is 32.1. The zero-order valence-corrected chi connectivity index (χ0v) is 14.8. The van der Waals surface area contributed by atoms with Crippen LogP contribution in [-0.4, -0.2) is 45.7 Å². The topological polar surface area (TPSA) is 150 Å². The number of amides is 1. The van der Waals surface area contributed by atoms with Crippen molar-refractivity contribution in [1.29, 1.82) is 0 Å². The maximum atomic E-state index is 11.5. The normalized spacial score (nSPS) is 10.3. The molecule has 0 unspecified atom stereocenters. The number of hydrogen-bond donors (Lipinski definition) is 4. The summed E-state index contributed by atoms with van der Waals surface area (Å²) in [5, 5.41) is 29.1. The van der Waals surface area contributed by atoms with Gasteiger partial charge in [0.15, 0.2) is 11.5 Å². The van der Waals surface area contributed by atoms with Gasteiger partial charge in [-0.05, 0) is 24.6 Å². The molecule has 0 radical (unpaired) electrons. The molecule has 0 fully saturated rings. The number of aliphatic carboxylic acids is 2. The average Bonchev–Trinajstić information content (AvgIpc) is 2.90. The Balaban J connectivity index is 2.28. The van der Waals surface area contributed by atoms with E-state index in [0.29, 0.717) is 21.7 Å². The van der Waals surface area contributed by atoms with Crippen LogP contribution in [0.4, 0.5) is 5.69 Å². The van der Waals surface area contributed by atoms with E-state index in [4.69, 9.17) is 14.9 Å². The molecule has 0 atom stereocenters. The van der Waals surface area contributed by atoms with Crippen LogP contribution in [0.5, 0.6) is 5.75 Å². The smallest absolute Gasteiger partial charge is 0.349 e. The first-order valence-corrected chi connectivity index (χ1v) is 8.34. The van der Waals surface area contributed by atoms with Crippen LogP contribution in [0.25, 0.3) is 10.4 Å². The van der Waals surface area contributed by atoms with Crippen molar-refractivity contribution in [3.8, 4) is 16.2 Å². The highest BCUT2D eigenvalue weighted by Crippen LogP contribution is 2.41. The number of carboxylic acids is 3. The molecule has 0 aliphatic heterocycles. The van der Waals surface area contributed by atoms with Gasteiger partial charge in [0.05, 0.1) is 0 Å². The monoisotopic (exact) mass is 393 g/mol. The molecule has 1 aromatic heterocycles. The Labute approximate surface area is 156 Å². The molecule has 2 aromatic rings. The molecule has 10 heteroatoms. The molecule has 0 saturated carbocycles. The first kappa shape index (κ1) is 19.9. The summed E-state index contributed by atoms with van der Waals surface area (Å²) in [5.74, 6) is -4.36. The highest BCUT2D eigenvalue weighted by molar-refractivity contribution is 7.18. The van der Waals surface area contributed by atoms with Gasteiger partial charge in [0, 0.05) is 16.1 Å². The first-order valence-electron chi connectivity index (χ1n) is 7.52. The first-order chi connectivity index (χ1) is 12.7. The molecular formula is C17H15NO8S. The van der Waals surface area contributed by atoms with Crippen molar-refractivity contribution < 1.29 is 39.2 Å². The SMILES string of the molecule is Cc1c(-c2ccc(NC(=O)CC(=O)O)cc2)sc(C(=O)O)c1OCC(=O)O. The molecule has 0 saturated heterocycles. The molecule has 0 aliphatic rings. The van der Waals surface area contributed by atoms with Crippen LogP contribution in [0, 0.1) is 6.92 Å². The number of carboxylic acid groups (broad SMARTS) is 3. The Morgan fingerprint density at radius 3 is 2.19 bits per heavy atom. The number of carbonyl (C=O) groups excluding carboxylic acids is 1. The number of nitrogens with one attached hydrogen (secondary N) is 1. The Morgan fingerprint density at radius 1 is 1.04 bits per heavy atom. The molecule has 0 bridgehead atoms. The standard InChI is InChI=1S/C17H15NO8S/c1-8-14(26-7-13(22)23)16(17(24)25)27-15(8)9-2-4-10(5-3-9)18-11(19)6-12(20)21/h2-5H,6-7H2,1H3,(H,18,19)(H,20,21)(H,22,23)(H,24,25). The number of rotatable bonds is 8. The molecule has 9 nitrogen and oxygen atoms in total. The van der Waals surface area contributed by atoms with Gasteiger partial charge in [-0.25, -0.2) is 9.59 Å². The van der Waals surface area contributed by atoms with Crippen molar-refractivity contribution in [2.75, 3.05) is 11.9 Å². The van der Waals surface area contributed by atoms with E-state index in [9.17, 15) is 24.3 Å². The molecule has 0 aliphatic carbocycles. The third-order valence-corrected chi connectivity index (χ3v) is 4.68. The minimum absolute atomic E-state index is 0.00346. The summed E-state index contributed by atoms with van der Waals surface area (Å²) in [6.07, 6.45) is -0.655. The summed E-state index contributed by atoms with van der Waals surface area (Å²) in [5.41, 5.74) is 1.52. The lowest BCUT2D eigenvalue weighted by molar-refractivity contribution is -0.140. The second-order valence-electron chi connectivity index (χ2n) is 5.40. The second kappa shape index (κ2) is 8.32. The number of carbonyl (C=O) groups is 4. The van der Waals surface area contributed by atoms with E-state index in [-0.39, 0.29) is 10.6 Å². The number of hydrogen-bond acceptors (Lipinski definition) is 6. The van der Waals surface area contributed by atoms with Gasteiger partial charge in [-0.2, -0.15) is 0 Å². The summed E-state index contributed by atoms with van der Waals surface area (Å²) < 4.78 is 5.12. The summed E-state index contributed by atoms with van der Waals surface area (Å²) in [4.78, 5) is 44.5. The molecule has 1 aromatic carbocycles. The average molecular weight is 393 g/mol. The van der Waals surface area contributed by atoms with Crippen molar-refractivity contribution in [3.05, 3.63) is 34.7 Å². The van der Waals surface area contributed by atoms with Gasteiger partial charge in [-0.1, -0.05) is 12.1 Å². The van der Waals surface area contributed by atoms with Crippen molar-refractivity contribution in [2.24, 2.45) is 0 Å². The van der Waals surface area contributed by atoms with Gasteiger partial charge in [0.25, 0.3) is 0 Å². The molecule has 27 heavy (non-hydrogen) atoms. The van der Waals surface area contributed by atoms with Crippen molar-refractivity contribution in [3.63, 3.8) is 0 Å². The second-order valence-corrected chi connectivity index (χ2v) is 6.42. The maximum absolute atomic E-state index is 11.5. The third kappa shape index (κ3) is 5.05. The fraction of sp³-hybridized carbons (Fsp3) is 0.176. The van der Waals surface area contributed by atoms with Crippen LogP contribution in [0.15, 0.2) is 24.3 Å². The molecule has 2 rings (SSSR count). The molecule has 142 valence electrons. The number of anilines is 1. The van der Waals surface area contributed by atoms with Gasteiger partial charge in [0.2, 0.25) is 5.91 Å². The molecular weight excluding hydrogens is 378 g/mol. The summed E-state index contributed by atoms with van der Waals surface area (Å²) in [6, 6.07) is 6.35. The quantitative estimate of drug-likeness (QED) is 0.499. The van der Waals surface area contributed by atoms with Crippen LogP contribution in [0.2, 0.25) is 0 Å². The lowest BCUT2D eigenvalue weighted by Gasteiger charge is -2.06. The Morgan fingerprint density at radius 2 is 1.67 bits per heavy atom. The van der Waals surface area contributed by atoms with E-state index in [0.717, 1.165) is 11.3 Å². The van der Waals surface area contributed by atoms with Crippen LogP contribution >= 0.6 is 11.3 Å². The van der Waals surface area contributed by atoms with Gasteiger partial charge in [0.1, 0.15) is 12.2 Å². The minimum atomic E-state index is -1.24. The Kier molecular flexibility index (Phi) is 6.14. The van der Waals surface area contributed by atoms with Gasteiger partial charge in [-0.15, -0.1) is 11.3 Å². The van der Waals surface area contributed by atoms with E-state index in [1.165, 1.54) is 0 Å². The van der Waals surface area contributed by atoms with Crippen LogP contribution in [-0.2, 0) is 14.4 Å². The Bertz CT molecular complexity index is 900. The molecule has 0 spiro atoms. The number of thiophene rings is 1. The number of benzene rings is 1. The predicted octanol–water partition coefficient (Wildman–Crippen LogP) is 2.30. The third-order valence-electron chi connectivity index (χ3n) is 3.37. The van der Waals surface area contributed by atoms with Crippen molar-refractivity contribution in [2.45, 2.75) is 13.3 Å². The number of aromatic carboxylic acids is 1. The minimum Gasteiger partial charge on any atom is -0.481 e. The zero-order chi connectivity index (χ0) is 20.1. The van der Waals surface area contributed by atoms with Crippen LogP contribution in [0.3, 0.4) is 0 Å². The fourth-order valence-electron chi connectivity index (χ4n) is 2.27. The van der Waals surface area contributed by atoms with E-state index in [2.05, 4.69) is 5.32 Å². The lowest BCUT2D eigenvalue weighted by Crippen LogP contribution is -2.15. The van der Waals surface area contributed by atoms with Gasteiger partial charge >= 0.3 is 17.9 Å². The Hall–Kier alpha value is -3.40. The van der Waals surface area contributed by atoms with Gasteiger partial charge < -0.3 is 25.4 Å². The van der Waals surface area contributed by atoms with Crippen molar-refractivity contribution >= 4 is 40.8 Å². The molecule has 4 N–H and O–H groups in total. The molecule has 1 heterocycles. The van der Waals surface area contributed by atoms with E-state index in [1.54, 1.807) is 31.2 Å². The highest BCUT2D eigenvalue weighted by Gasteiger charge is 2.23.